The van der Waals surface area contributed by atoms with Gasteiger partial charge in [0.15, 0.2) is 12.6 Å². The van der Waals surface area contributed by atoms with Crippen LogP contribution in [0.1, 0.15) is 18.4 Å². The summed E-state index contributed by atoms with van der Waals surface area (Å²) in [4.78, 5) is 6.62. The third-order valence-corrected chi connectivity index (χ3v) is 4.35. The van der Waals surface area contributed by atoms with E-state index in [2.05, 4.69) is 20.5 Å². The monoisotopic (exact) mass is 530 g/mol. The van der Waals surface area contributed by atoms with Crippen molar-refractivity contribution >= 4 is 29.9 Å². The summed E-state index contributed by atoms with van der Waals surface area (Å²) in [6.07, 6.45) is -1.84. The molecule has 0 atom stereocenters. The van der Waals surface area contributed by atoms with E-state index in [1.54, 1.807) is 26.3 Å². The first-order valence-corrected chi connectivity index (χ1v) is 9.37. The maximum atomic E-state index is 12.2. The van der Waals surface area contributed by atoms with Gasteiger partial charge in [0.1, 0.15) is 5.75 Å². The van der Waals surface area contributed by atoms with Crippen LogP contribution >= 0.6 is 24.0 Å². The molecule has 166 valence electrons. The van der Waals surface area contributed by atoms with E-state index in [0.717, 1.165) is 31.8 Å². The second kappa shape index (κ2) is 13.1. The molecule has 0 spiro atoms. The number of benzene rings is 1. The number of alkyl halides is 3. The standard InChI is InChI=1S/C19H29F3N4O2.HI/c1-23-18(24-9-10-26(11-12-27-2)16-5-6-16)25-13-15-3-7-17(8-4-15)28-14-19(20,21)22;/h3-4,7-8,16H,5-6,9-14H2,1-2H3,(H2,23,24,25);1H. The molecular weight excluding hydrogens is 500 g/mol. The van der Waals surface area contributed by atoms with Crippen LogP contribution < -0.4 is 15.4 Å². The Morgan fingerprint density at radius 3 is 2.41 bits per heavy atom. The van der Waals surface area contributed by atoms with Crippen LogP contribution in [0.15, 0.2) is 29.3 Å². The lowest BCUT2D eigenvalue weighted by Gasteiger charge is -2.22. The molecule has 0 bridgehead atoms. The SMILES string of the molecule is CN=C(NCCN(CCOC)C1CC1)NCc1ccc(OCC(F)(F)F)cc1.I. The largest absolute Gasteiger partial charge is 0.484 e. The Labute approximate surface area is 187 Å². The molecule has 1 fully saturated rings. The van der Waals surface area contributed by atoms with Crippen molar-refractivity contribution in [3.05, 3.63) is 29.8 Å². The molecule has 6 nitrogen and oxygen atoms in total. The van der Waals surface area contributed by atoms with Gasteiger partial charge in [-0.1, -0.05) is 12.1 Å². The lowest BCUT2D eigenvalue weighted by Crippen LogP contribution is -2.42. The van der Waals surface area contributed by atoms with Crippen LogP contribution in [0.3, 0.4) is 0 Å². The zero-order valence-corrected chi connectivity index (χ0v) is 19.1. The number of hydrogen-bond donors (Lipinski definition) is 2. The van der Waals surface area contributed by atoms with Gasteiger partial charge in [0.25, 0.3) is 0 Å². The predicted molar refractivity (Wildman–Crippen MR) is 118 cm³/mol. The molecule has 2 N–H and O–H groups in total. The Balaban J connectivity index is 0.00000420. The first-order valence-electron chi connectivity index (χ1n) is 9.37. The molecule has 1 aliphatic carbocycles. The molecule has 10 heteroatoms. The van der Waals surface area contributed by atoms with Crippen LogP contribution in [-0.4, -0.2) is 70.1 Å². The summed E-state index contributed by atoms with van der Waals surface area (Å²) in [5.41, 5.74) is 0.919. The van der Waals surface area contributed by atoms with Gasteiger partial charge in [-0.2, -0.15) is 13.2 Å². The maximum Gasteiger partial charge on any atom is 0.422 e. The number of guanidine groups is 1. The normalized spacial score (nSPS) is 14.5. The van der Waals surface area contributed by atoms with Crippen molar-refractivity contribution in [2.75, 3.05) is 47.0 Å². The number of aliphatic imine (C=N–C) groups is 1. The quantitative estimate of drug-likeness (QED) is 0.262. The smallest absolute Gasteiger partial charge is 0.422 e. The Morgan fingerprint density at radius 2 is 1.86 bits per heavy atom. The molecule has 1 aromatic rings. The fraction of sp³-hybridized carbons (Fsp3) is 0.632. The molecule has 0 amide bonds. The highest BCUT2D eigenvalue weighted by Crippen LogP contribution is 2.26. The summed E-state index contributed by atoms with van der Waals surface area (Å²) in [5.74, 6) is 0.875. The van der Waals surface area contributed by atoms with Crippen molar-refractivity contribution in [3.63, 3.8) is 0 Å². The van der Waals surface area contributed by atoms with E-state index in [9.17, 15) is 13.2 Å². The highest BCUT2D eigenvalue weighted by molar-refractivity contribution is 14.0. The first kappa shape index (κ1) is 25.8. The maximum absolute atomic E-state index is 12.2. The van der Waals surface area contributed by atoms with Crippen molar-refractivity contribution in [3.8, 4) is 5.75 Å². The van der Waals surface area contributed by atoms with Crippen molar-refractivity contribution in [2.24, 2.45) is 4.99 Å². The zero-order chi connectivity index (χ0) is 20.4. The van der Waals surface area contributed by atoms with Gasteiger partial charge < -0.3 is 20.1 Å². The Kier molecular flexibility index (Phi) is 11.7. The van der Waals surface area contributed by atoms with Crippen molar-refractivity contribution in [2.45, 2.75) is 31.6 Å². The second-order valence-electron chi connectivity index (χ2n) is 6.66. The third kappa shape index (κ3) is 10.9. The predicted octanol–water partition coefficient (Wildman–Crippen LogP) is 3.02. The lowest BCUT2D eigenvalue weighted by atomic mass is 10.2. The van der Waals surface area contributed by atoms with Gasteiger partial charge in [0.2, 0.25) is 0 Å². The minimum atomic E-state index is -4.34. The molecule has 0 unspecified atom stereocenters. The number of halogens is 4. The fourth-order valence-electron chi connectivity index (χ4n) is 2.72. The van der Waals surface area contributed by atoms with E-state index in [1.165, 1.54) is 25.0 Å². The summed E-state index contributed by atoms with van der Waals surface area (Å²) in [6.45, 7) is 2.56. The van der Waals surface area contributed by atoms with Gasteiger partial charge in [-0.05, 0) is 30.5 Å². The number of nitrogens with one attached hydrogen (secondary N) is 2. The van der Waals surface area contributed by atoms with Gasteiger partial charge in [0.05, 0.1) is 6.61 Å². The van der Waals surface area contributed by atoms with E-state index in [-0.39, 0.29) is 29.7 Å². The van der Waals surface area contributed by atoms with E-state index in [0.29, 0.717) is 18.5 Å². The van der Waals surface area contributed by atoms with Crippen LogP contribution in [0, 0.1) is 0 Å². The van der Waals surface area contributed by atoms with Crippen LogP contribution in [0.2, 0.25) is 0 Å². The summed E-state index contributed by atoms with van der Waals surface area (Å²) in [7, 11) is 3.41. The number of methoxy groups -OCH3 is 1. The van der Waals surface area contributed by atoms with Crippen molar-refractivity contribution in [1.29, 1.82) is 0 Å². The van der Waals surface area contributed by atoms with Crippen LogP contribution in [0.4, 0.5) is 13.2 Å². The average molecular weight is 530 g/mol. The van der Waals surface area contributed by atoms with Gasteiger partial charge in [-0.3, -0.25) is 9.89 Å². The molecule has 0 saturated heterocycles. The molecule has 1 aliphatic rings. The van der Waals surface area contributed by atoms with Crippen molar-refractivity contribution < 1.29 is 22.6 Å². The van der Waals surface area contributed by atoms with Crippen LogP contribution in [-0.2, 0) is 11.3 Å². The number of rotatable bonds is 11. The van der Waals surface area contributed by atoms with E-state index < -0.39 is 12.8 Å². The molecule has 1 aromatic carbocycles. The molecule has 0 heterocycles. The summed E-state index contributed by atoms with van der Waals surface area (Å²) < 4.78 is 46.4. The molecular formula is C19H30F3IN4O2. The minimum absolute atomic E-state index is 0. The number of nitrogens with zero attached hydrogens (tertiary/aromatic N) is 2. The van der Waals surface area contributed by atoms with Crippen LogP contribution in [0.25, 0.3) is 0 Å². The summed E-state index contributed by atoms with van der Waals surface area (Å²) in [6, 6.07) is 7.19. The van der Waals surface area contributed by atoms with E-state index in [1.807, 2.05) is 0 Å². The van der Waals surface area contributed by atoms with E-state index in [4.69, 9.17) is 9.47 Å². The van der Waals surface area contributed by atoms with Gasteiger partial charge in [-0.15, -0.1) is 24.0 Å². The summed E-state index contributed by atoms with van der Waals surface area (Å²) >= 11 is 0. The third-order valence-electron chi connectivity index (χ3n) is 4.35. The molecule has 0 aromatic heterocycles. The minimum Gasteiger partial charge on any atom is -0.484 e. The highest BCUT2D eigenvalue weighted by atomic mass is 127. The van der Waals surface area contributed by atoms with Gasteiger partial charge in [-0.25, -0.2) is 0 Å². The highest BCUT2D eigenvalue weighted by Gasteiger charge is 2.28. The number of hydrogen-bond acceptors (Lipinski definition) is 4. The average Bonchev–Trinajstić information content (AvgIpc) is 3.50. The topological polar surface area (TPSA) is 58.1 Å². The zero-order valence-electron chi connectivity index (χ0n) is 16.8. The second-order valence-corrected chi connectivity index (χ2v) is 6.66. The first-order chi connectivity index (χ1) is 13.4. The Morgan fingerprint density at radius 1 is 1.17 bits per heavy atom. The van der Waals surface area contributed by atoms with Crippen LogP contribution in [0.5, 0.6) is 5.75 Å². The Hall–Kier alpha value is -1.27. The molecule has 2 rings (SSSR count). The molecule has 29 heavy (non-hydrogen) atoms. The van der Waals surface area contributed by atoms with E-state index >= 15 is 0 Å². The number of ether oxygens (including phenoxy) is 2. The van der Waals surface area contributed by atoms with Gasteiger partial charge in [0, 0.05) is 46.4 Å². The van der Waals surface area contributed by atoms with Gasteiger partial charge >= 0.3 is 6.18 Å². The summed E-state index contributed by atoms with van der Waals surface area (Å²) in [5, 5.41) is 6.48. The molecule has 1 saturated carbocycles. The lowest BCUT2D eigenvalue weighted by molar-refractivity contribution is -0.153. The molecule has 0 radical (unpaired) electrons. The Bertz CT molecular complexity index is 610. The molecule has 0 aliphatic heterocycles. The van der Waals surface area contributed by atoms with Crippen molar-refractivity contribution in [1.82, 2.24) is 15.5 Å². The fourth-order valence-corrected chi connectivity index (χ4v) is 2.72.